The van der Waals surface area contributed by atoms with Gasteiger partial charge >= 0.3 is 10.2 Å². The van der Waals surface area contributed by atoms with Crippen LogP contribution in [-0.4, -0.2) is 8.42 Å². The maximum absolute atomic E-state index is 12.5. The SMILES string of the molecule is O=S(=O)(F)c1c(Cl)cc(F)cc1Cl. The van der Waals surface area contributed by atoms with Crippen molar-refractivity contribution in [2.75, 3.05) is 0 Å². The molecule has 0 fully saturated rings. The molecule has 0 atom stereocenters. The number of hydrogen-bond donors (Lipinski definition) is 0. The predicted molar refractivity (Wildman–Crippen MR) is 44.7 cm³/mol. The minimum atomic E-state index is -5.01. The zero-order chi connectivity index (χ0) is 10.2. The molecule has 0 saturated heterocycles. The van der Waals surface area contributed by atoms with Crippen molar-refractivity contribution >= 4 is 33.4 Å². The summed E-state index contributed by atoms with van der Waals surface area (Å²) in [5.41, 5.74) is 0. The van der Waals surface area contributed by atoms with Gasteiger partial charge in [0.25, 0.3) is 0 Å². The van der Waals surface area contributed by atoms with Crippen molar-refractivity contribution in [2.24, 2.45) is 0 Å². The van der Waals surface area contributed by atoms with Gasteiger partial charge in [-0.2, -0.15) is 8.42 Å². The standard InChI is InChI=1S/C6H2Cl2F2O2S/c7-4-1-3(9)2-5(8)6(4)13(10,11)12/h1-2H. The Balaban J connectivity index is 3.57. The molecule has 0 aliphatic carbocycles. The van der Waals surface area contributed by atoms with Gasteiger partial charge in [0, 0.05) is 0 Å². The van der Waals surface area contributed by atoms with Gasteiger partial charge < -0.3 is 0 Å². The first-order valence-corrected chi connectivity index (χ1v) is 5.05. The van der Waals surface area contributed by atoms with Crippen LogP contribution in [0.4, 0.5) is 8.28 Å². The Morgan fingerprint density at radius 2 is 1.54 bits per heavy atom. The fraction of sp³-hybridized carbons (Fsp3) is 0. The first-order chi connectivity index (χ1) is 5.82. The van der Waals surface area contributed by atoms with E-state index in [0.717, 1.165) is 0 Å². The third-order valence-electron chi connectivity index (χ3n) is 1.21. The van der Waals surface area contributed by atoms with E-state index < -0.39 is 31.0 Å². The Bertz CT molecular complexity index is 421. The zero-order valence-corrected chi connectivity index (χ0v) is 8.22. The first-order valence-electron chi connectivity index (χ1n) is 2.91. The molecule has 0 amide bonds. The van der Waals surface area contributed by atoms with Crippen molar-refractivity contribution in [3.8, 4) is 0 Å². The summed E-state index contributed by atoms with van der Waals surface area (Å²) in [6.07, 6.45) is 0. The van der Waals surface area contributed by atoms with Crippen LogP contribution in [0, 0.1) is 5.82 Å². The minimum absolute atomic E-state index is 0.576. The third-order valence-corrected chi connectivity index (χ3v) is 2.95. The van der Waals surface area contributed by atoms with Gasteiger partial charge in [0.05, 0.1) is 10.0 Å². The molecule has 1 aromatic carbocycles. The Labute approximate surface area is 83.3 Å². The quantitative estimate of drug-likeness (QED) is 0.715. The molecule has 72 valence electrons. The maximum Gasteiger partial charge on any atom is 0.335 e. The normalized spacial score (nSPS) is 11.7. The maximum atomic E-state index is 12.5. The molecule has 0 radical (unpaired) electrons. The summed E-state index contributed by atoms with van der Waals surface area (Å²) in [4.78, 5) is -0.905. The second-order valence-electron chi connectivity index (χ2n) is 2.14. The van der Waals surface area contributed by atoms with Crippen molar-refractivity contribution in [1.82, 2.24) is 0 Å². The average Bonchev–Trinajstić information content (AvgIpc) is 1.78. The Morgan fingerprint density at radius 1 is 1.15 bits per heavy atom. The summed E-state index contributed by atoms with van der Waals surface area (Å²) >= 11 is 10.6. The highest BCUT2D eigenvalue weighted by Gasteiger charge is 2.21. The zero-order valence-electron chi connectivity index (χ0n) is 5.89. The monoisotopic (exact) mass is 246 g/mol. The van der Waals surface area contributed by atoms with Crippen LogP contribution in [-0.2, 0) is 10.2 Å². The molecule has 0 bridgehead atoms. The summed E-state index contributed by atoms with van der Waals surface area (Å²) in [7, 11) is -5.01. The molecule has 0 spiro atoms. The van der Waals surface area contributed by atoms with Gasteiger partial charge in [-0.25, -0.2) is 4.39 Å². The summed E-state index contributed by atoms with van der Waals surface area (Å²) in [6, 6.07) is 1.33. The van der Waals surface area contributed by atoms with Crippen LogP contribution in [0.3, 0.4) is 0 Å². The molecule has 1 rings (SSSR count). The lowest BCUT2D eigenvalue weighted by Crippen LogP contribution is -1.95. The van der Waals surface area contributed by atoms with Crippen LogP contribution in [0.15, 0.2) is 17.0 Å². The summed E-state index contributed by atoms with van der Waals surface area (Å²) in [6.45, 7) is 0. The van der Waals surface area contributed by atoms with Gasteiger partial charge in [0.15, 0.2) is 0 Å². The molecule has 0 aliphatic rings. The highest BCUT2D eigenvalue weighted by Crippen LogP contribution is 2.31. The lowest BCUT2D eigenvalue weighted by molar-refractivity contribution is 0.551. The molecular weight excluding hydrogens is 245 g/mol. The van der Waals surface area contributed by atoms with Crippen LogP contribution in [0.1, 0.15) is 0 Å². The fourth-order valence-corrected chi connectivity index (χ4v) is 2.36. The van der Waals surface area contributed by atoms with E-state index in [4.69, 9.17) is 23.2 Å². The van der Waals surface area contributed by atoms with Crippen LogP contribution in [0.25, 0.3) is 0 Å². The van der Waals surface area contributed by atoms with E-state index in [9.17, 15) is 16.7 Å². The number of halogens is 4. The molecule has 0 saturated carbocycles. The van der Waals surface area contributed by atoms with Crippen molar-refractivity contribution in [1.29, 1.82) is 0 Å². The van der Waals surface area contributed by atoms with Crippen LogP contribution in [0.5, 0.6) is 0 Å². The van der Waals surface area contributed by atoms with E-state index in [-0.39, 0.29) is 0 Å². The molecule has 0 unspecified atom stereocenters. The molecule has 0 aliphatic heterocycles. The topological polar surface area (TPSA) is 34.1 Å². The summed E-state index contributed by atoms with van der Waals surface area (Å²) in [5.74, 6) is -0.831. The summed E-state index contributed by atoms with van der Waals surface area (Å²) < 4.78 is 45.8. The highest BCUT2D eigenvalue weighted by atomic mass is 35.5. The van der Waals surface area contributed by atoms with E-state index in [1.807, 2.05) is 0 Å². The Kier molecular flexibility index (Phi) is 2.79. The highest BCUT2D eigenvalue weighted by molar-refractivity contribution is 7.86. The largest absolute Gasteiger partial charge is 0.335 e. The minimum Gasteiger partial charge on any atom is -0.207 e. The second-order valence-corrected chi connectivity index (χ2v) is 4.23. The van der Waals surface area contributed by atoms with Gasteiger partial charge in [-0.1, -0.05) is 23.2 Å². The number of rotatable bonds is 1. The lowest BCUT2D eigenvalue weighted by atomic mass is 10.3. The van der Waals surface area contributed by atoms with Gasteiger partial charge in [-0.3, -0.25) is 0 Å². The average molecular weight is 247 g/mol. The van der Waals surface area contributed by atoms with Gasteiger partial charge in [0.2, 0.25) is 0 Å². The van der Waals surface area contributed by atoms with Crippen molar-refractivity contribution in [3.05, 3.63) is 28.0 Å². The third kappa shape index (κ3) is 2.30. The molecule has 13 heavy (non-hydrogen) atoms. The van der Waals surface area contributed by atoms with Gasteiger partial charge in [-0.15, -0.1) is 3.89 Å². The molecule has 7 heteroatoms. The Morgan fingerprint density at radius 3 is 1.85 bits per heavy atom. The van der Waals surface area contributed by atoms with Crippen LogP contribution < -0.4 is 0 Å². The van der Waals surface area contributed by atoms with E-state index >= 15 is 0 Å². The Hall–Kier alpha value is -0.390. The molecule has 0 heterocycles. The van der Waals surface area contributed by atoms with Crippen molar-refractivity contribution in [2.45, 2.75) is 4.90 Å². The molecular formula is C6H2Cl2F2O2S. The van der Waals surface area contributed by atoms with E-state index in [1.165, 1.54) is 0 Å². The van der Waals surface area contributed by atoms with E-state index in [0.29, 0.717) is 12.1 Å². The molecule has 2 nitrogen and oxygen atoms in total. The van der Waals surface area contributed by atoms with E-state index in [2.05, 4.69) is 0 Å². The van der Waals surface area contributed by atoms with E-state index in [1.54, 1.807) is 0 Å². The van der Waals surface area contributed by atoms with Crippen LogP contribution in [0.2, 0.25) is 10.0 Å². The first kappa shape index (κ1) is 10.7. The summed E-state index contributed by atoms with van der Waals surface area (Å²) in [5, 5.41) is -1.15. The van der Waals surface area contributed by atoms with Gasteiger partial charge in [0.1, 0.15) is 10.7 Å². The number of benzene rings is 1. The molecule has 0 aromatic heterocycles. The second kappa shape index (κ2) is 3.40. The van der Waals surface area contributed by atoms with Crippen molar-refractivity contribution < 1.29 is 16.7 Å². The lowest BCUT2D eigenvalue weighted by Gasteiger charge is -2.01. The van der Waals surface area contributed by atoms with Crippen molar-refractivity contribution in [3.63, 3.8) is 0 Å². The fourth-order valence-electron chi connectivity index (χ4n) is 0.762. The molecule has 0 N–H and O–H groups in total. The van der Waals surface area contributed by atoms with Gasteiger partial charge in [-0.05, 0) is 12.1 Å². The smallest absolute Gasteiger partial charge is 0.207 e. The van der Waals surface area contributed by atoms with Crippen LogP contribution >= 0.6 is 23.2 Å². The predicted octanol–water partition coefficient (Wildman–Crippen LogP) is 2.79. The number of hydrogen-bond acceptors (Lipinski definition) is 2. The molecule has 1 aromatic rings.